The number of benzene rings is 4. The molecule has 0 unspecified atom stereocenters. The van der Waals surface area contributed by atoms with Crippen LogP contribution in [0.2, 0.25) is 0 Å². The number of hydrogen-bond donors (Lipinski definition) is 1. The third-order valence-corrected chi connectivity index (χ3v) is 7.10. The van der Waals surface area contributed by atoms with Gasteiger partial charge in [0.2, 0.25) is 5.91 Å². The molecule has 1 N–H and O–H groups in total. The number of para-hydroxylation sites is 1. The molecule has 8 heteroatoms. The van der Waals surface area contributed by atoms with Crippen molar-refractivity contribution in [2.45, 2.75) is 13.8 Å². The maximum Gasteiger partial charge on any atom is 0.283 e. The molecule has 0 saturated heterocycles. The minimum atomic E-state index is -0.247. The normalized spacial score (nSPS) is 13.7. The maximum atomic E-state index is 13.6. The predicted molar refractivity (Wildman–Crippen MR) is 166 cm³/mol. The molecule has 2 amide bonds. The maximum absolute atomic E-state index is 13.6. The first-order valence-corrected chi connectivity index (χ1v) is 14.0. The molecule has 4 aromatic rings. The van der Waals surface area contributed by atoms with Gasteiger partial charge in [-0.15, -0.1) is 0 Å². The molecule has 0 aliphatic carbocycles. The first-order valence-electron chi connectivity index (χ1n) is 13.0. The molecule has 0 fully saturated rings. The lowest BCUT2D eigenvalue weighted by Crippen LogP contribution is -2.31. The van der Waals surface area contributed by atoms with Crippen LogP contribution in [0.15, 0.2) is 108 Å². The molecule has 41 heavy (non-hydrogen) atoms. The van der Waals surface area contributed by atoms with Gasteiger partial charge in [-0.3, -0.25) is 14.5 Å². The molecular weight excluding hydrogens is 534 g/mol. The van der Waals surface area contributed by atoms with E-state index in [0.29, 0.717) is 28.0 Å². The van der Waals surface area contributed by atoms with Gasteiger partial charge in [0.15, 0.2) is 5.17 Å². The number of ether oxygens (including phenoxy) is 2. The van der Waals surface area contributed by atoms with E-state index in [2.05, 4.69) is 10.3 Å². The topological polar surface area (TPSA) is 80.2 Å². The highest BCUT2D eigenvalue weighted by Gasteiger charge is 2.32. The number of carbonyl (C=O) groups excluding carboxylic acids is 2. The second-order valence-electron chi connectivity index (χ2n) is 9.46. The van der Waals surface area contributed by atoms with Crippen molar-refractivity contribution in [3.63, 3.8) is 0 Å². The summed E-state index contributed by atoms with van der Waals surface area (Å²) in [6, 6.07) is 30.0. The minimum Gasteiger partial charge on any atom is -0.497 e. The van der Waals surface area contributed by atoms with Crippen LogP contribution in [0.3, 0.4) is 0 Å². The monoisotopic (exact) mass is 563 g/mol. The zero-order valence-corrected chi connectivity index (χ0v) is 23.8. The van der Waals surface area contributed by atoms with Crippen molar-refractivity contribution >= 4 is 46.2 Å². The quantitative estimate of drug-likeness (QED) is 0.229. The summed E-state index contributed by atoms with van der Waals surface area (Å²) in [4.78, 5) is 32.6. The first kappa shape index (κ1) is 27.7. The van der Waals surface area contributed by atoms with Gasteiger partial charge in [-0.1, -0.05) is 48.2 Å². The Bertz CT molecular complexity index is 1590. The van der Waals surface area contributed by atoms with E-state index < -0.39 is 0 Å². The fourth-order valence-electron chi connectivity index (χ4n) is 4.32. The first-order chi connectivity index (χ1) is 19.9. The third kappa shape index (κ3) is 7.04. The average molecular weight is 564 g/mol. The van der Waals surface area contributed by atoms with E-state index in [-0.39, 0.29) is 17.6 Å². The second-order valence-corrected chi connectivity index (χ2v) is 10.4. The van der Waals surface area contributed by atoms with Crippen LogP contribution in [0, 0.1) is 13.8 Å². The summed E-state index contributed by atoms with van der Waals surface area (Å²) in [7, 11) is 1.61. The summed E-state index contributed by atoms with van der Waals surface area (Å²) >= 11 is 1.21. The fraction of sp³-hybridized carbons (Fsp3) is 0.121. The highest BCUT2D eigenvalue weighted by Crippen LogP contribution is 2.31. The number of thioether (sulfide) groups is 1. The molecule has 0 radical (unpaired) electrons. The van der Waals surface area contributed by atoms with Gasteiger partial charge in [-0.25, -0.2) is 4.99 Å². The molecule has 0 spiro atoms. The van der Waals surface area contributed by atoms with Gasteiger partial charge in [-0.05, 0) is 97.3 Å². The van der Waals surface area contributed by atoms with E-state index in [1.807, 2.05) is 86.6 Å². The summed E-state index contributed by atoms with van der Waals surface area (Å²) < 4.78 is 11.0. The molecule has 7 nitrogen and oxygen atoms in total. The summed E-state index contributed by atoms with van der Waals surface area (Å²) in [6.45, 7) is 3.97. The van der Waals surface area contributed by atoms with E-state index in [1.54, 1.807) is 42.4 Å². The molecule has 5 rings (SSSR count). The smallest absolute Gasteiger partial charge is 0.283 e. The number of aryl methyl sites for hydroxylation is 2. The molecule has 0 atom stereocenters. The van der Waals surface area contributed by atoms with Crippen molar-refractivity contribution in [2.24, 2.45) is 4.99 Å². The van der Waals surface area contributed by atoms with Gasteiger partial charge in [0.1, 0.15) is 22.9 Å². The molecule has 0 saturated carbocycles. The lowest BCUT2D eigenvalue weighted by atomic mass is 10.1. The Morgan fingerprint density at radius 3 is 2.17 bits per heavy atom. The fourth-order valence-corrected chi connectivity index (χ4v) is 5.13. The zero-order valence-electron chi connectivity index (χ0n) is 23.0. The van der Waals surface area contributed by atoms with Crippen molar-refractivity contribution < 1.29 is 19.1 Å². The predicted octanol–water partition coefficient (Wildman–Crippen LogP) is 7.22. The summed E-state index contributed by atoms with van der Waals surface area (Å²) in [6.07, 6.45) is 1.74. The molecule has 1 aliphatic heterocycles. The van der Waals surface area contributed by atoms with Crippen molar-refractivity contribution in [2.75, 3.05) is 23.1 Å². The number of nitrogens with one attached hydrogen (secondary N) is 1. The Balaban J connectivity index is 1.30. The SMILES string of the molecule is COc1ccc(C=C2N=C(SCC(=O)Nc3ccc(Oc4ccccc4)cc3)N(c3cc(C)cc(C)c3)C2=O)cc1. The van der Waals surface area contributed by atoms with E-state index in [0.717, 1.165) is 28.2 Å². The molecule has 0 bridgehead atoms. The Morgan fingerprint density at radius 2 is 1.51 bits per heavy atom. The van der Waals surface area contributed by atoms with E-state index in [4.69, 9.17) is 9.47 Å². The van der Waals surface area contributed by atoms with Crippen LogP contribution >= 0.6 is 11.8 Å². The number of amidine groups is 1. The lowest BCUT2D eigenvalue weighted by molar-refractivity contribution is -0.114. The van der Waals surface area contributed by atoms with E-state index in [1.165, 1.54) is 11.8 Å². The van der Waals surface area contributed by atoms with E-state index >= 15 is 0 Å². The number of anilines is 2. The Labute approximate surface area is 243 Å². The van der Waals surface area contributed by atoms with Crippen molar-refractivity contribution in [3.8, 4) is 17.2 Å². The number of hydrogen-bond acceptors (Lipinski definition) is 6. The molecule has 206 valence electrons. The molecule has 0 aromatic heterocycles. The van der Waals surface area contributed by atoms with Gasteiger partial charge >= 0.3 is 0 Å². The Kier molecular flexibility index (Phi) is 8.50. The van der Waals surface area contributed by atoms with Crippen molar-refractivity contribution in [1.29, 1.82) is 0 Å². The van der Waals surface area contributed by atoms with Gasteiger partial charge in [0, 0.05) is 5.69 Å². The van der Waals surface area contributed by atoms with Crippen LogP contribution in [0.4, 0.5) is 11.4 Å². The number of methoxy groups -OCH3 is 1. The van der Waals surface area contributed by atoms with Crippen LogP contribution in [0.1, 0.15) is 16.7 Å². The number of aliphatic imine (C=N–C) groups is 1. The minimum absolute atomic E-state index is 0.0749. The largest absolute Gasteiger partial charge is 0.497 e. The highest BCUT2D eigenvalue weighted by molar-refractivity contribution is 8.14. The van der Waals surface area contributed by atoms with Crippen LogP contribution in [-0.4, -0.2) is 29.8 Å². The number of amides is 2. The molecule has 1 heterocycles. The van der Waals surface area contributed by atoms with Crippen LogP contribution in [0.25, 0.3) is 6.08 Å². The van der Waals surface area contributed by atoms with Crippen LogP contribution in [0.5, 0.6) is 17.2 Å². The molecule has 4 aromatic carbocycles. The summed E-state index contributed by atoms with van der Waals surface area (Å²) in [5.41, 5.74) is 4.54. The van der Waals surface area contributed by atoms with Crippen molar-refractivity contribution in [3.05, 3.63) is 119 Å². The third-order valence-electron chi connectivity index (χ3n) is 6.16. The lowest BCUT2D eigenvalue weighted by Gasteiger charge is -2.19. The highest BCUT2D eigenvalue weighted by atomic mass is 32.2. The van der Waals surface area contributed by atoms with Gasteiger partial charge in [0.05, 0.1) is 18.6 Å². The standard InChI is InChI=1S/C33H29N3O4S/c1-22-17-23(2)19-26(18-22)36-32(38)30(20-24-9-13-27(39-3)14-10-24)35-33(36)41-21-31(37)34-25-11-15-29(16-12-25)40-28-7-5-4-6-8-28/h4-20H,21H2,1-3H3,(H,34,37). The summed E-state index contributed by atoms with van der Waals surface area (Å²) in [5, 5.41) is 3.35. The average Bonchev–Trinajstić information content (AvgIpc) is 3.28. The van der Waals surface area contributed by atoms with E-state index in [9.17, 15) is 9.59 Å². The number of nitrogens with zero attached hydrogens (tertiary/aromatic N) is 2. The number of rotatable bonds is 8. The van der Waals surface area contributed by atoms with Gasteiger partial charge < -0.3 is 14.8 Å². The Morgan fingerprint density at radius 1 is 0.878 bits per heavy atom. The van der Waals surface area contributed by atoms with Gasteiger partial charge in [-0.2, -0.15) is 0 Å². The van der Waals surface area contributed by atoms with Crippen LogP contribution < -0.4 is 19.7 Å². The van der Waals surface area contributed by atoms with Crippen molar-refractivity contribution in [1.82, 2.24) is 0 Å². The zero-order chi connectivity index (χ0) is 28.8. The van der Waals surface area contributed by atoms with Crippen LogP contribution in [-0.2, 0) is 9.59 Å². The van der Waals surface area contributed by atoms with Gasteiger partial charge in [0.25, 0.3) is 5.91 Å². The Hall–Kier alpha value is -4.82. The second kappa shape index (κ2) is 12.6. The molecule has 1 aliphatic rings. The summed E-state index contributed by atoms with van der Waals surface area (Å²) in [5.74, 6) is 1.75. The molecular formula is C33H29N3O4S. The number of carbonyl (C=O) groups is 2.